The highest BCUT2D eigenvalue weighted by Crippen LogP contribution is 2.41. The molecule has 2 heterocycles. The molecular weight excluding hydrogens is 511 g/mol. The van der Waals surface area contributed by atoms with Gasteiger partial charge in [0.15, 0.2) is 10.1 Å². The molecule has 0 bridgehead atoms. The van der Waals surface area contributed by atoms with E-state index in [1.807, 2.05) is 36.4 Å². The molecule has 0 amide bonds. The van der Waals surface area contributed by atoms with Gasteiger partial charge in [-0.05, 0) is 42.5 Å². The van der Waals surface area contributed by atoms with Crippen molar-refractivity contribution in [3.8, 4) is 0 Å². The number of benzene rings is 3. The molecular formula is C23H15ClF3NO4S2. The molecule has 0 atom stereocenters. The topological polar surface area (TPSA) is 74.2 Å². The average Bonchev–Trinajstić information content (AvgIpc) is 3.17. The number of halogens is 4. The molecule has 11 heteroatoms. The van der Waals surface area contributed by atoms with Crippen LogP contribution in [0.25, 0.3) is 33.0 Å². The zero-order valence-corrected chi connectivity index (χ0v) is 19.7. The lowest BCUT2D eigenvalue weighted by molar-refractivity contribution is -0.617. The Morgan fingerprint density at radius 3 is 2.12 bits per heavy atom. The quantitative estimate of drug-likeness (QED) is 0.151. The maximum absolute atomic E-state index is 10.7. The minimum atomic E-state index is -6.09. The third kappa shape index (κ3) is 4.72. The Balaban J connectivity index is 0.000000297. The maximum atomic E-state index is 10.7. The monoisotopic (exact) mass is 525 g/mol. The van der Waals surface area contributed by atoms with Gasteiger partial charge in [0, 0.05) is 16.0 Å². The fourth-order valence-electron chi connectivity index (χ4n) is 3.44. The lowest BCUT2D eigenvalue weighted by Gasteiger charge is -2.08. The van der Waals surface area contributed by atoms with E-state index in [0.29, 0.717) is 0 Å². The molecule has 0 fully saturated rings. The van der Waals surface area contributed by atoms with E-state index in [1.165, 1.54) is 10.9 Å². The van der Waals surface area contributed by atoms with Gasteiger partial charge < -0.3 is 8.97 Å². The van der Waals surface area contributed by atoms with Crippen LogP contribution in [0, 0.1) is 0 Å². The van der Waals surface area contributed by atoms with Gasteiger partial charge in [0.1, 0.15) is 12.6 Å². The SMILES string of the molecule is C[n+]1c2ccccc2c(Sc2ccc(Cl)cc2)c2oc3ccccc3c21.O=S(=O)([O-])C(F)(F)F. The molecule has 5 aromatic rings. The molecule has 176 valence electrons. The summed E-state index contributed by atoms with van der Waals surface area (Å²) >= 11 is 7.76. The number of nitrogens with zero attached hydrogens (tertiary/aromatic N) is 1. The lowest BCUT2D eigenvalue weighted by atomic mass is 10.1. The van der Waals surface area contributed by atoms with Gasteiger partial charge in [-0.15, -0.1) is 0 Å². The standard InChI is InChI=1S/C22H15ClNOS.CHF3O3S/c1-24-18-8-4-2-6-16(18)22(26-15-12-10-14(23)11-13-15)21-20(24)17-7-3-5-9-19(17)25-21;2-1(3,4)8(5,6)7/h2-13H,1H3;(H,5,6,7)/q+1;/p-1. The summed E-state index contributed by atoms with van der Waals surface area (Å²) < 4.78 is 67.4. The van der Waals surface area contributed by atoms with Gasteiger partial charge in [0.2, 0.25) is 11.1 Å². The van der Waals surface area contributed by atoms with Crippen LogP contribution in [-0.2, 0) is 17.2 Å². The summed E-state index contributed by atoms with van der Waals surface area (Å²) in [6.07, 6.45) is 0. The highest BCUT2D eigenvalue weighted by atomic mass is 35.5. The third-order valence-corrected chi connectivity index (χ3v) is 6.87. The largest absolute Gasteiger partial charge is 0.741 e. The van der Waals surface area contributed by atoms with Crippen LogP contribution in [0.1, 0.15) is 0 Å². The number of alkyl halides is 3. The molecule has 0 saturated heterocycles. The van der Waals surface area contributed by atoms with Gasteiger partial charge in [-0.1, -0.05) is 47.6 Å². The molecule has 0 N–H and O–H groups in total. The fourth-order valence-corrected chi connectivity index (χ4v) is 4.59. The fraction of sp³-hybridized carbons (Fsp3) is 0.0870. The first-order chi connectivity index (χ1) is 16.0. The Morgan fingerprint density at radius 1 is 0.941 bits per heavy atom. The van der Waals surface area contributed by atoms with Gasteiger partial charge in [0.25, 0.3) is 5.52 Å². The molecule has 0 aliphatic heterocycles. The van der Waals surface area contributed by atoms with E-state index < -0.39 is 15.6 Å². The van der Waals surface area contributed by atoms with E-state index in [1.54, 1.807) is 11.8 Å². The van der Waals surface area contributed by atoms with Crippen LogP contribution in [0.5, 0.6) is 0 Å². The molecule has 34 heavy (non-hydrogen) atoms. The highest BCUT2D eigenvalue weighted by Gasteiger charge is 2.37. The van der Waals surface area contributed by atoms with E-state index in [2.05, 4.69) is 48.0 Å². The zero-order valence-electron chi connectivity index (χ0n) is 17.3. The average molecular weight is 526 g/mol. The predicted molar refractivity (Wildman–Crippen MR) is 124 cm³/mol. The normalized spacial score (nSPS) is 12.2. The van der Waals surface area contributed by atoms with Crippen LogP contribution in [0.2, 0.25) is 5.02 Å². The molecule has 0 aliphatic carbocycles. The smallest absolute Gasteiger partial charge is 0.485 e. The lowest BCUT2D eigenvalue weighted by Crippen LogP contribution is -2.30. The van der Waals surface area contributed by atoms with E-state index in [-0.39, 0.29) is 0 Å². The Labute approximate surface area is 201 Å². The van der Waals surface area contributed by atoms with Gasteiger partial charge >= 0.3 is 5.51 Å². The molecule has 5 nitrogen and oxygen atoms in total. The minimum absolute atomic E-state index is 0.743. The molecule has 2 aromatic heterocycles. The number of hydrogen-bond donors (Lipinski definition) is 0. The summed E-state index contributed by atoms with van der Waals surface area (Å²) in [6, 6.07) is 24.6. The third-order valence-electron chi connectivity index (χ3n) is 4.94. The van der Waals surface area contributed by atoms with E-state index in [4.69, 9.17) is 29.0 Å². The summed E-state index contributed by atoms with van der Waals surface area (Å²) in [7, 11) is -3.99. The predicted octanol–water partition coefficient (Wildman–Crippen LogP) is 6.42. The second-order valence-electron chi connectivity index (χ2n) is 7.14. The molecule has 0 spiro atoms. The summed E-state index contributed by atoms with van der Waals surface area (Å²) in [6.45, 7) is 0. The Morgan fingerprint density at radius 2 is 1.50 bits per heavy atom. The van der Waals surface area contributed by atoms with Crippen molar-refractivity contribution in [3.63, 3.8) is 0 Å². The minimum Gasteiger partial charge on any atom is -0.741 e. The number of furan rings is 1. The second kappa shape index (κ2) is 9.10. The van der Waals surface area contributed by atoms with Crippen LogP contribution in [0.15, 0.2) is 87.0 Å². The van der Waals surface area contributed by atoms with Gasteiger partial charge in [-0.2, -0.15) is 17.7 Å². The zero-order chi connectivity index (χ0) is 24.7. The van der Waals surface area contributed by atoms with E-state index in [0.717, 1.165) is 36.9 Å². The summed E-state index contributed by atoms with van der Waals surface area (Å²) in [4.78, 5) is 2.27. The van der Waals surface area contributed by atoms with Crippen LogP contribution >= 0.6 is 23.4 Å². The summed E-state index contributed by atoms with van der Waals surface area (Å²) in [5.41, 5.74) is -1.51. The number of rotatable bonds is 2. The van der Waals surface area contributed by atoms with Crippen molar-refractivity contribution in [3.05, 3.63) is 77.8 Å². The first kappa shape index (κ1) is 24.3. The van der Waals surface area contributed by atoms with E-state index >= 15 is 0 Å². The Bertz CT molecular complexity index is 1620. The van der Waals surface area contributed by atoms with Gasteiger partial charge in [0.05, 0.1) is 15.7 Å². The number of fused-ring (bicyclic) bond motifs is 4. The van der Waals surface area contributed by atoms with Crippen molar-refractivity contribution < 1.29 is 35.1 Å². The Kier molecular flexibility index (Phi) is 6.52. The maximum Gasteiger partial charge on any atom is 0.485 e. The van der Waals surface area contributed by atoms with Crippen molar-refractivity contribution in [2.75, 3.05) is 0 Å². The van der Waals surface area contributed by atoms with Crippen molar-refractivity contribution in [1.82, 2.24) is 0 Å². The first-order valence-corrected chi connectivity index (χ1v) is 12.2. The number of aryl methyl sites for hydroxylation is 1. The van der Waals surface area contributed by atoms with E-state index in [9.17, 15) is 13.2 Å². The number of pyridine rings is 1. The van der Waals surface area contributed by atoms with Crippen LogP contribution in [-0.4, -0.2) is 18.5 Å². The summed E-state index contributed by atoms with van der Waals surface area (Å²) in [5, 5.41) is 3.06. The summed E-state index contributed by atoms with van der Waals surface area (Å²) in [5.74, 6) is 0. The van der Waals surface area contributed by atoms with Crippen LogP contribution in [0.4, 0.5) is 13.2 Å². The molecule has 0 unspecified atom stereocenters. The van der Waals surface area contributed by atoms with Crippen molar-refractivity contribution in [2.45, 2.75) is 15.3 Å². The number of hydrogen-bond acceptors (Lipinski definition) is 5. The van der Waals surface area contributed by atoms with Gasteiger partial charge in [-0.25, -0.2) is 8.42 Å². The number of para-hydroxylation sites is 2. The molecule has 0 saturated carbocycles. The van der Waals surface area contributed by atoms with Crippen LogP contribution < -0.4 is 4.57 Å². The molecule has 0 radical (unpaired) electrons. The molecule has 3 aromatic carbocycles. The number of aromatic nitrogens is 1. The van der Waals surface area contributed by atoms with Crippen LogP contribution in [0.3, 0.4) is 0 Å². The van der Waals surface area contributed by atoms with Crippen molar-refractivity contribution in [1.29, 1.82) is 0 Å². The van der Waals surface area contributed by atoms with Gasteiger partial charge in [-0.3, -0.25) is 0 Å². The second-order valence-corrected chi connectivity index (χ2v) is 10.0. The molecule has 0 aliphatic rings. The van der Waals surface area contributed by atoms with Crippen molar-refractivity contribution >= 4 is 66.5 Å². The van der Waals surface area contributed by atoms with Crippen molar-refractivity contribution in [2.24, 2.45) is 7.05 Å². The molecule has 5 rings (SSSR count). The Hall–Kier alpha value is -2.79. The highest BCUT2D eigenvalue weighted by molar-refractivity contribution is 7.99. The first-order valence-electron chi connectivity index (χ1n) is 9.65.